The molecule has 0 fully saturated rings. The Bertz CT molecular complexity index is 221. The lowest BCUT2D eigenvalue weighted by Gasteiger charge is -1.76. The van der Waals surface area contributed by atoms with E-state index in [1.165, 1.54) is 11.3 Å². The van der Waals surface area contributed by atoms with Gasteiger partial charge in [0.05, 0.1) is 5.51 Å². The molecule has 1 aromatic rings. The van der Waals surface area contributed by atoms with Gasteiger partial charge in [-0.05, 0) is 0 Å². The Kier molecular flexibility index (Phi) is 1.14. The lowest BCUT2D eigenvalue weighted by molar-refractivity contribution is 1.41. The average molecular weight is 125 g/mol. The van der Waals surface area contributed by atoms with Crippen molar-refractivity contribution in [2.75, 3.05) is 5.73 Å². The summed E-state index contributed by atoms with van der Waals surface area (Å²) in [4.78, 5) is 4.15. The van der Waals surface area contributed by atoms with E-state index in [9.17, 15) is 0 Å². The predicted molar refractivity (Wildman–Crippen MR) is 31.2 cm³/mol. The molecule has 0 aliphatic carbocycles. The first kappa shape index (κ1) is 5.06. The van der Waals surface area contributed by atoms with Crippen LogP contribution >= 0.6 is 11.3 Å². The maximum atomic E-state index is 8.25. The average Bonchev–Trinajstić information content (AvgIpc) is 2.14. The van der Waals surface area contributed by atoms with Crippen molar-refractivity contribution in [3.63, 3.8) is 0 Å². The number of aromatic nitrogens is 1. The quantitative estimate of drug-likeness (QED) is 0.552. The molecule has 0 aliphatic heterocycles. The van der Waals surface area contributed by atoms with Gasteiger partial charge in [0.2, 0.25) is 0 Å². The Balaban J connectivity index is 3.15. The minimum atomic E-state index is 0.331. The van der Waals surface area contributed by atoms with Crippen molar-refractivity contribution in [2.45, 2.75) is 0 Å². The topological polar surface area (TPSA) is 62.7 Å². The Morgan fingerprint density at radius 1 is 1.88 bits per heavy atom. The van der Waals surface area contributed by atoms with Crippen LogP contribution in [0.2, 0.25) is 0 Å². The zero-order valence-corrected chi connectivity index (χ0v) is 4.77. The largest absolute Gasteiger partial charge is 0.382 e. The van der Waals surface area contributed by atoms with Crippen LogP contribution in [0, 0.1) is 11.3 Å². The maximum Gasteiger partial charge on any atom is 0.152 e. The predicted octanol–water partition coefficient (Wildman–Crippen LogP) is 0.597. The van der Waals surface area contributed by atoms with Gasteiger partial charge in [-0.3, -0.25) is 0 Å². The van der Waals surface area contributed by atoms with Gasteiger partial charge in [0.25, 0.3) is 0 Å². The maximum absolute atomic E-state index is 8.25. The zero-order valence-electron chi connectivity index (χ0n) is 3.96. The summed E-state index contributed by atoms with van der Waals surface area (Å²) >= 11 is 1.25. The van der Waals surface area contributed by atoms with Crippen LogP contribution in [-0.4, -0.2) is 4.98 Å². The van der Waals surface area contributed by atoms with Gasteiger partial charge in [0, 0.05) is 0 Å². The number of rotatable bonds is 0. The van der Waals surface area contributed by atoms with Gasteiger partial charge >= 0.3 is 0 Å². The Morgan fingerprint density at radius 3 is 2.88 bits per heavy atom. The van der Waals surface area contributed by atoms with E-state index in [2.05, 4.69) is 4.98 Å². The van der Waals surface area contributed by atoms with Crippen molar-refractivity contribution in [3.8, 4) is 6.07 Å². The number of nitriles is 1. The molecule has 0 saturated heterocycles. The number of thiazole rings is 1. The van der Waals surface area contributed by atoms with Crippen LogP contribution in [0.3, 0.4) is 0 Å². The molecule has 0 amide bonds. The number of hydrogen-bond donors (Lipinski definition) is 1. The lowest BCUT2D eigenvalue weighted by Crippen LogP contribution is -1.84. The van der Waals surface area contributed by atoms with Crippen molar-refractivity contribution in [2.24, 2.45) is 0 Å². The van der Waals surface area contributed by atoms with E-state index in [-0.39, 0.29) is 0 Å². The third-order valence-corrected chi connectivity index (χ3v) is 1.44. The summed E-state index contributed by atoms with van der Waals surface area (Å²) in [5, 5.41) is 8.25. The monoisotopic (exact) mass is 125 g/mol. The molecule has 0 saturated carbocycles. The summed E-state index contributed by atoms with van der Waals surface area (Å²) < 4.78 is 0. The van der Waals surface area contributed by atoms with Gasteiger partial charge in [0.15, 0.2) is 5.82 Å². The molecule has 0 unspecified atom stereocenters. The van der Waals surface area contributed by atoms with Gasteiger partial charge in [-0.25, -0.2) is 4.98 Å². The molecule has 0 aromatic carbocycles. The minimum absolute atomic E-state index is 0.331. The van der Waals surface area contributed by atoms with Crippen molar-refractivity contribution >= 4 is 17.2 Å². The fourth-order valence-electron chi connectivity index (χ4n) is 0.338. The van der Waals surface area contributed by atoms with Gasteiger partial charge in [-0.1, -0.05) is 0 Å². The summed E-state index contributed by atoms with van der Waals surface area (Å²) in [6, 6.07) is 1.91. The molecular weight excluding hydrogens is 122 g/mol. The molecule has 0 aliphatic rings. The first-order chi connectivity index (χ1) is 3.84. The highest BCUT2D eigenvalue weighted by Crippen LogP contribution is 2.11. The van der Waals surface area contributed by atoms with Crippen LogP contribution in [0.1, 0.15) is 4.88 Å². The number of nitrogens with zero attached hydrogens (tertiary/aromatic N) is 2. The van der Waals surface area contributed by atoms with Gasteiger partial charge in [0.1, 0.15) is 10.9 Å². The van der Waals surface area contributed by atoms with Gasteiger partial charge < -0.3 is 5.73 Å². The molecule has 1 aromatic heterocycles. The summed E-state index contributed by atoms with van der Waals surface area (Å²) in [6.45, 7) is 0. The van der Waals surface area contributed by atoms with Crippen LogP contribution < -0.4 is 5.73 Å². The molecule has 1 heterocycles. The highest BCUT2D eigenvalue weighted by Gasteiger charge is 1.96. The molecule has 0 bridgehead atoms. The van der Waals surface area contributed by atoms with E-state index in [1.54, 1.807) is 5.51 Å². The standard InChI is InChI=1S/C4H3N3S/c5-1-3-4(6)7-2-8-3/h2H,6H2. The van der Waals surface area contributed by atoms with E-state index in [4.69, 9.17) is 11.0 Å². The molecule has 0 spiro atoms. The first-order valence-corrected chi connectivity index (χ1v) is 2.81. The second-order valence-electron chi connectivity index (χ2n) is 1.18. The normalized spacial score (nSPS) is 8.38. The number of nitrogens with two attached hydrogens (primary N) is 1. The lowest BCUT2D eigenvalue weighted by atomic mass is 10.6. The first-order valence-electron chi connectivity index (χ1n) is 1.93. The Morgan fingerprint density at radius 2 is 2.62 bits per heavy atom. The number of hydrogen-bond acceptors (Lipinski definition) is 4. The van der Waals surface area contributed by atoms with Crippen LogP contribution in [0.4, 0.5) is 5.82 Å². The molecule has 1 rings (SSSR count). The Labute approximate surface area is 50.4 Å². The summed E-state index contributed by atoms with van der Waals surface area (Å²) in [7, 11) is 0. The third kappa shape index (κ3) is 0.634. The molecule has 0 atom stereocenters. The van der Waals surface area contributed by atoms with Crippen LogP contribution in [0.25, 0.3) is 0 Å². The Hall–Kier alpha value is -1.08. The smallest absolute Gasteiger partial charge is 0.152 e. The number of nitrogen functional groups attached to an aromatic ring is 1. The van der Waals surface area contributed by atoms with E-state index in [0.717, 1.165) is 0 Å². The van der Waals surface area contributed by atoms with Crippen molar-refractivity contribution in [1.29, 1.82) is 5.26 Å². The SMILES string of the molecule is N#Cc1scnc1N. The zero-order chi connectivity index (χ0) is 5.98. The van der Waals surface area contributed by atoms with Crippen LogP contribution in [0.5, 0.6) is 0 Å². The molecular formula is C4H3N3S. The van der Waals surface area contributed by atoms with Gasteiger partial charge in [-0.2, -0.15) is 5.26 Å². The van der Waals surface area contributed by atoms with E-state index >= 15 is 0 Å². The summed E-state index contributed by atoms with van der Waals surface area (Å²) in [5.74, 6) is 0.331. The third-order valence-electron chi connectivity index (χ3n) is 0.697. The van der Waals surface area contributed by atoms with Crippen molar-refractivity contribution < 1.29 is 0 Å². The summed E-state index contributed by atoms with van der Waals surface area (Å²) in [5.41, 5.74) is 6.78. The minimum Gasteiger partial charge on any atom is -0.382 e. The fourth-order valence-corrected chi connectivity index (χ4v) is 0.836. The molecule has 2 N–H and O–H groups in total. The highest BCUT2D eigenvalue weighted by molar-refractivity contribution is 7.10. The number of anilines is 1. The fraction of sp³-hybridized carbons (Fsp3) is 0. The highest BCUT2D eigenvalue weighted by atomic mass is 32.1. The second-order valence-corrected chi connectivity index (χ2v) is 2.03. The van der Waals surface area contributed by atoms with E-state index in [1.807, 2.05) is 6.07 Å². The van der Waals surface area contributed by atoms with Crippen LogP contribution in [0.15, 0.2) is 5.51 Å². The second kappa shape index (κ2) is 1.80. The molecule has 8 heavy (non-hydrogen) atoms. The van der Waals surface area contributed by atoms with Crippen molar-refractivity contribution in [1.82, 2.24) is 4.98 Å². The molecule has 40 valence electrons. The molecule has 0 radical (unpaired) electrons. The molecule has 4 heteroatoms. The molecule has 3 nitrogen and oxygen atoms in total. The van der Waals surface area contributed by atoms with E-state index in [0.29, 0.717) is 10.7 Å². The van der Waals surface area contributed by atoms with Gasteiger partial charge in [-0.15, -0.1) is 11.3 Å². The summed E-state index contributed by atoms with van der Waals surface area (Å²) in [6.07, 6.45) is 0. The van der Waals surface area contributed by atoms with Crippen molar-refractivity contribution in [3.05, 3.63) is 10.4 Å². The van der Waals surface area contributed by atoms with E-state index < -0.39 is 0 Å². The van der Waals surface area contributed by atoms with Crippen LogP contribution in [-0.2, 0) is 0 Å².